The highest BCUT2D eigenvalue weighted by Crippen LogP contribution is 2.26. The average Bonchev–Trinajstić information content (AvgIpc) is 2.72. The lowest BCUT2D eigenvalue weighted by atomic mass is 10.0. The summed E-state index contributed by atoms with van der Waals surface area (Å²) in [5.41, 5.74) is 3.19. The van der Waals surface area contributed by atoms with Crippen molar-refractivity contribution in [1.29, 1.82) is 0 Å². The predicted octanol–water partition coefficient (Wildman–Crippen LogP) is 3.79. The standard InChI is InChI=1S/C15H19Cl2N3/c1-4-12-15(17)14(20(3)19-12)9-13(18-2)10-5-7-11(16)8-6-10/h5-8,13,18H,4,9H2,1-3H3. The number of halogens is 2. The first-order valence-electron chi connectivity index (χ1n) is 6.69. The largest absolute Gasteiger partial charge is 0.313 e. The Morgan fingerprint density at radius 2 is 1.90 bits per heavy atom. The zero-order chi connectivity index (χ0) is 14.7. The molecule has 1 N–H and O–H groups in total. The SMILES string of the molecule is CCc1nn(C)c(CC(NC)c2ccc(Cl)cc2)c1Cl. The van der Waals surface area contributed by atoms with Gasteiger partial charge in [-0.3, -0.25) is 4.68 Å². The van der Waals surface area contributed by atoms with Crippen LogP contribution >= 0.6 is 23.2 Å². The Labute approximate surface area is 129 Å². The summed E-state index contributed by atoms with van der Waals surface area (Å²) in [6.07, 6.45) is 1.64. The first kappa shape index (κ1) is 15.4. The molecule has 1 heterocycles. The lowest BCUT2D eigenvalue weighted by molar-refractivity contribution is 0.561. The summed E-state index contributed by atoms with van der Waals surface area (Å²) in [5.74, 6) is 0. The predicted molar refractivity (Wildman–Crippen MR) is 84.6 cm³/mol. The van der Waals surface area contributed by atoms with E-state index in [-0.39, 0.29) is 6.04 Å². The Morgan fingerprint density at radius 1 is 1.25 bits per heavy atom. The van der Waals surface area contributed by atoms with Crippen molar-refractivity contribution in [2.24, 2.45) is 7.05 Å². The van der Waals surface area contributed by atoms with Crippen LogP contribution < -0.4 is 5.32 Å². The van der Waals surface area contributed by atoms with E-state index in [0.29, 0.717) is 0 Å². The summed E-state index contributed by atoms with van der Waals surface area (Å²) in [6, 6.07) is 8.07. The summed E-state index contributed by atoms with van der Waals surface area (Å²) in [7, 11) is 3.89. The molecule has 0 spiro atoms. The van der Waals surface area contributed by atoms with E-state index < -0.39 is 0 Å². The monoisotopic (exact) mass is 311 g/mol. The molecule has 1 aromatic heterocycles. The van der Waals surface area contributed by atoms with Gasteiger partial charge >= 0.3 is 0 Å². The molecule has 20 heavy (non-hydrogen) atoms. The van der Waals surface area contributed by atoms with Gasteiger partial charge in [0.15, 0.2) is 0 Å². The molecule has 0 aliphatic rings. The molecule has 0 bridgehead atoms. The molecule has 2 rings (SSSR count). The fourth-order valence-electron chi connectivity index (χ4n) is 2.32. The molecular weight excluding hydrogens is 293 g/mol. The van der Waals surface area contributed by atoms with Gasteiger partial charge in [0.1, 0.15) is 0 Å². The molecule has 1 unspecified atom stereocenters. The van der Waals surface area contributed by atoms with Gasteiger partial charge < -0.3 is 5.32 Å². The van der Waals surface area contributed by atoms with Crippen molar-refractivity contribution in [3.05, 3.63) is 51.3 Å². The van der Waals surface area contributed by atoms with Crippen molar-refractivity contribution in [3.8, 4) is 0 Å². The van der Waals surface area contributed by atoms with Gasteiger partial charge in [-0.05, 0) is 31.2 Å². The second-order valence-electron chi connectivity index (χ2n) is 4.78. The third kappa shape index (κ3) is 3.17. The lowest BCUT2D eigenvalue weighted by Crippen LogP contribution is -2.20. The lowest BCUT2D eigenvalue weighted by Gasteiger charge is -2.17. The first-order valence-corrected chi connectivity index (χ1v) is 7.45. The number of rotatable bonds is 5. The molecule has 1 atom stereocenters. The molecular formula is C15H19Cl2N3. The van der Waals surface area contributed by atoms with E-state index in [2.05, 4.69) is 17.3 Å². The van der Waals surface area contributed by atoms with Crippen molar-refractivity contribution in [2.75, 3.05) is 7.05 Å². The van der Waals surface area contributed by atoms with E-state index in [1.54, 1.807) is 0 Å². The minimum Gasteiger partial charge on any atom is -0.313 e. The fraction of sp³-hybridized carbons (Fsp3) is 0.400. The molecule has 3 nitrogen and oxygen atoms in total. The van der Waals surface area contributed by atoms with Crippen molar-refractivity contribution >= 4 is 23.2 Å². The van der Waals surface area contributed by atoms with E-state index in [1.807, 2.05) is 43.0 Å². The van der Waals surface area contributed by atoms with Crippen LogP contribution in [-0.4, -0.2) is 16.8 Å². The Balaban J connectivity index is 2.26. The third-order valence-electron chi connectivity index (χ3n) is 3.52. The van der Waals surface area contributed by atoms with Gasteiger partial charge in [-0.25, -0.2) is 0 Å². The van der Waals surface area contributed by atoms with Crippen LogP contribution in [0.1, 0.15) is 29.9 Å². The molecule has 0 radical (unpaired) electrons. The Kier molecular flexibility index (Phi) is 5.08. The minimum atomic E-state index is 0.185. The topological polar surface area (TPSA) is 29.9 Å². The summed E-state index contributed by atoms with van der Waals surface area (Å²) in [5, 5.41) is 9.31. The van der Waals surface area contributed by atoms with Crippen LogP contribution in [0, 0.1) is 0 Å². The van der Waals surface area contributed by atoms with Gasteiger partial charge in [-0.1, -0.05) is 42.3 Å². The highest BCUT2D eigenvalue weighted by atomic mass is 35.5. The first-order chi connectivity index (χ1) is 9.56. The van der Waals surface area contributed by atoms with Crippen LogP contribution in [0.25, 0.3) is 0 Å². The van der Waals surface area contributed by atoms with Crippen LogP contribution in [0.5, 0.6) is 0 Å². The van der Waals surface area contributed by atoms with Crippen molar-refractivity contribution in [2.45, 2.75) is 25.8 Å². The molecule has 0 amide bonds. The molecule has 2 aromatic rings. The second-order valence-corrected chi connectivity index (χ2v) is 5.60. The highest BCUT2D eigenvalue weighted by molar-refractivity contribution is 6.32. The number of likely N-dealkylation sites (N-methyl/N-ethyl adjacent to an activating group) is 1. The number of nitrogens with one attached hydrogen (secondary N) is 1. The number of hydrogen-bond acceptors (Lipinski definition) is 2. The minimum absolute atomic E-state index is 0.185. The Bertz CT molecular complexity index is 576. The van der Waals surface area contributed by atoms with E-state index in [1.165, 1.54) is 5.56 Å². The van der Waals surface area contributed by atoms with E-state index in [9.17, 15) is 0 Å². The van der Waals surface area contributed by atoms with E-state index in [0.717, 1.165) is 34.3 Å². The number of benzene rings is 1. The summed E-state index contributed by atoms with van der Waals surface area (Å²) < 4.78 is 1.88. The van der Waals surface area contributed by atoms with Crippen LogP contribution in [0.2, 0.25) is 10.0 Å². The van der Waals surface area contributed by atoms with Crippen molar-refractivity contribution in [3.63, 3.8) is 0 Å². The molecule has 0 aliphatic heterocycles. The molecule has 0 saturated heterocycles. The molecule has 0 aliphatic carbocycles. The number of aromatic nitrogens is 2. The quantitative estimate of drug-likeness (QED) is 0.910. The fourth-order valence-corrected chi connectivity index (χ4v) is 2.81. The maximum absolute atomic E-state index is 6.41. The Morgan fingerprint density at radius 3 is 2.40 bits per heavy atom. The van der Waals surface area contributed by atoms with Gasteiger partial charge in [0.05, 0.1) is 16.4 Å². The van der Waals surface area contributed by atoms with E-state index >= 15 is 0 Å². The number of hydrogen-bond donors (Lipinski definition) is 1. The molecule has 5 heteroatoms. The zero-order valence-corrected chi connectivity index (χ0v) is 13.5. The van der Waals surface area contributed by atoms with Crippen LogP contribution in [0.3, 0.4) is 0 Å². The van der Waals surface area contributed by atoms with Crippen molar-refractivity contribution < 1.29 is 0 Å². The van der Waals surface area contributed by atoms with Crippen LogP contribution in [-0.2, 0) is 19.9 Å². The molecule has 0 saturated carbocycles. The smallest absolute Gasteiger partial charge is 0.0850 e. The summed E-state index contributed by atoms with van der Waals surface area (Å²) in [4.78, 5) is 0. The summed E-state index contributed by atoms with van der Waals surface area (Å²) >= 11 is 12.3. The molecule has 1 aromatic carbocycles. The van der Waals surface area contributed by atoms with Gasteiger partial charge in [-0.2, -0.15) is 5.10 Å². The second kappa shape index (κ2) is 6.61. The Hall–Kier alpha value is -1.03. The van der Waals surface area contributed by atoms with Crippen LogP contribution in [0.4, 0.5) is 0 Å². The normalized spacial score (nSPS) is 12.7. The van der Waals surface area contributed by atoms with Gasteiger partial charge in [-0.15, -0.1) is 0 Å². The van der Waals surface area contributed by atoms with Crippen LogP contribution in [0.15, 0.2) is 24.3 Å². The number of aryl methyl sites for hydroxylation is 2. The zero-order valence-electron chi connectivity index (χ0n) is 12.0. The van der Waals surface area contributed by atoms with Gasteiger partial charge in [0.2, 0.25) is 0 Å². The average molecular weight is 312 g/mol. The molecule has 0 fully saturated rings. The molecule has 108 valence electrons. The van der Waals surface area contributed by atoms with E-state index in [4.69, 9.17) is 23.2 Å². The third-order valence-corrected chi connectivity index (χ3v) is 4.21. The highest BCUT2D eigenvalue weighted by Gasteiger charge is 2.18. The number of nitrogens with zero attached hydrogens (tertiary/aromatic N) is 2. The van der Waals surface area contributed by atoms with Crippen molar-refractivity contribution in [1.82, 2.24) is 15.1 Å². The van der Waals surface area contributed by atoms with Gasteiger partial charge in [0.25, 0.3) is 0 Å². The van der Waals surface area contributed by atoms with Gasteiger partial charge in [0, 0.05) is 24.5 Å². The maximum Gasteiger partial charge on any atom is 0.0850 e. The summed E-state index contributed by atoms with van der Waals surface area (Å²) in [6.45, 7) is 2.06. The maximum atomic E-state index is 6.41.